The van der Waals surface area contributed by atoms with Crippen LogP contribution in [0, 0.1) is 5.41 Å². The van der Waals surface area contributed by atoms with Gasteiger partial charge in [0.15, 0.2) is 5.65 Å². The second kappa shape index (κ2) is 7.19. The quantitative estimate of drug-likeness (QED) is 0.250. The highest BCUT2D eigenvalue weighted by atomic mass is 32.2. The van der Waals surface area contributed by atoms with Crippen molar-refractivity contribution < 1.29 is 4.42 Å². The van der Waals surface area contributed by atoms with E-state index in [4.69, 9.17) is 14.8 Å². The molecule has 0 saturated heterocycles. The third kappa shape index (κ3) is 2.71. The monoisotopic (exact) mass is 483 g/mol. The molecule has 170 valence electrons. The molecule has 0 bridgehead atoms. The van der Waals surface area contributed by atoms with Crippen LogP contribution in [0.1, 0.15) is 0 Å². The summed E-state index contributed by atoms with van der Waals surface area (Å²) in [5.74, 6) is 0. The van der Waals surface area contributed by atoms with Crippen molar-refractivity contribution in [2.75, 3.05) is 4.90 Å². The zero-order valence-electron chi connectivity index (χ0n) is 18.8. The van der Waals surface area contributed by atoms with Crippen molar-refractivity contribution >= 4 is 67.6 Å². The second-order valence-corrected chi connectivity index (χ2v) is 9.84. The topological polar surface area (TPSA) is 70.4 Å². The number of benzene rings is 4. The van der Waals surface area contributed by atoms with Crippen molar-refractivity contribution in [3.05, 3.63) is 103 Å². The molecule has 0 saturated carbocycles. The maximum absolute atomic E-state index is 8.56. The van der Waals surface area contributed by atoms with Crippen molar-refractivity contribution in [1.82, 2.24) is 14.4 Å². The highest BCUT2D eigenvalue weighted by Crippen LogP contribution is 2.51. The van der Waals surface area contributed by atoms with Crippen LogP contribution in [0.2, 0.25) is 0 Å². The fraction of sp³-hybridized carbons (Fsp3) is 0. The highest BCUT2D eigenvalue weighted by molar-refractivity contribution is 7.99. The summed E-state index contributed by atoms with van der Waals surface area (Å²) in [7, 11) is 0. The SMILES string of the molecule is N=c1nc2oc3cc(N4c5ccccc5Sc5ccccc54)ccc3cc2c2nc3ccccc3n12. The lowest BCUT2D eigenvalue weighted by atomic mass is 10.1. The van der Waals surface area contributed by atoms with Gasteiger partial charge in [0.2, 0.25) is 11.3 Å². The van der Waals surface area contributed by atoms with Gasteiger partial charge in [-0.25, -0.2) is 4.98 Å². The third-order valence-electron chi connectivity index (χ3n) is 6.65. The zero-order chi connectivity index (χ0) is 23.8. The van der Waals surface area contributed by atoms with Crippen molar-refractivity contribution in [1.29, 1.82) is 5.41 Å². The van der Waals surface area contributed by atoms with Gasteiger partial charge >= 0.3 is 0 Å². The van der Waals surface area contributed by atoms with Crippen LogP contribution in [0.15, 0.2) is 111 Å². The molecule has 6 nitrogen and oxygen atoms in total. The highest BCUT2D eigenvalue weighted by Gasteiger charge is 2.24. The third-order valence-corrected chi connectivity index (χ3v) is 7.78. The number of imidazole rings is 1. The molecule has 0 unspecified atom stereocenters. The van der Waals surface area contributed by atoms with E-state index in [9.17, 15) is 0 Å². The average Bonchev–Trinajstić information content (AvgIpc) is 3.31. The van der Waals surface area contributed by atoms with Crippen molar-refractivity contribution in [3.63, 3.8) is 0 Å². The summed E-state index contributed by atoms with van der Waals surface area (Å²) in [4.78, 5) is 14.0. The van der Waals surface area contributed by atoms with E-state index in [2.05, 4.69) is 82.7 Å². The van der Waals surface area contributed by atoms with Crippen LogP contribution in [0.3, 0.4) is 0 Å². The number of aromatic nitrogens is 3. The lowest BCUT2D eigenvalue weighted by Gasteiger charge is -2.32. The Morgan fingerprint density at radius 3 is 2.28 bits per heavy atom. The normalized spacial score (nSPS) is 12.9. The van der Waals surface area contributed by atoms with Crippen LogP contribution in [-0.2, 0) is 0 Å². The van der Waals surface area contributed by atoms with E-state index in [0.717, 1.165) is 38.9 Å². The van der Waals surface area contributed by atoms with E-state index in [0.29, 0.717) is 16.9 Å². The molecule has 1 aliphatic heterocycles. The molecule has 0 aliphatic carbocycles. The van der Waals surface area contributed by atoms with E-state index in [-0.39, 0.29) is 5.62 Å². The smallest absolute Gasteiger partial charge is 0.233 e. The maximum atomic E-state index is 8.56. The van der Waals surface area contributed by atoms with E-state index >= 15 is 0 Å². The van der Waals surface area contributed by atoms with Gasteiger partial charge in [0.05, 0.1) is 27.8 Å². The second-order valence-electron chi connectivity index (χ2n) is 8.76. The Bertz CT molecular complexity index is 2030. The van der Waals surface area contributed by atoms with Gasteiger partial charge in [-0.05, 0) is 54.6 Å². The summed E-state index contributed by atoms with van der Waals surface area (Å²) in [5.41, 5.74) is 6.86. The maximum Gasteiger partial charge on any atom is 0.233 e. The van der Waals surface area contributed by atoms with E-state index in [1.54, 1.807) is 16.2 Å². The van der Waals surface area contributed by atoms with E-state index in [1.165, 1.54) is 9.79 Å². The lowest BCUT2D eigenvalue weighted by molar-refractivity contribution is 0.639. The molecule has 7 aromatic rings. The van der Waals surface area contributed by atoms with Gasteiger partial charge in [-0.15, -0.1) is 0 Å². The van der Waals surface area contributed by atoms with Gasteiger partial charge in [0.1, 0.15) is 5.58 Å². The minimum absolute atomic E-state index is 0.0985. The molecule has 0 amide bonds. The van der Waals surface area contributed by atoms with Crippen LogP contribution >= 0.6 is 11.8 Å². The van der Waals surface area contributed by atoms with Gasteiger partial charge < -0.3 is 9.32 Å². The van der Waals surface area contributed by atoms with Crippen LogP contribution in [0.5, 0.6) is 0 Å². The fourth-order valence-electron chi connectivity index (χ4n) is 5.04. The van der Waals surface area contributed by atoms with Crippen LogP contribution in [0.4, 0.5) is 17.1 Å². The van der Waals surface area contributed by atoms with Crippen molar-refractivity contribution in [2.24, 2.45) is 0 Å². The van der Waals surface area contributed by atoms with Gasteiger partial charge in [-0.2, -0.15) is 4.98 Å². The molecule has 3 aromatic heterocycles. The van der Waals surface area contributed by atoms with E-state index in [1.807, 2.05) is 24.3 Å². The molecular weight excluding hydrogens is 466 g/mol. The Morgan fingerprint density at radius 1 is 0.750 bits per heavy atom. The first-order valence-corrected chi connectivity index (χ1v) is 12.4. The minimum Gasteiger partial charge on any atom is -0.437 e. The Kier molecular flexibility index (Phi) is 3.93. The number of nitrogens with zero attached hydrogens (tertiary/aromatic N) is 4. The number of rotatable bonds is 1. The Balaban J connectivity index is 1.37. The minimum atomic E-state index is 0.0985. The molecule has 4 heterocycles. The molecule has 1 N–H and O–H groups in total. The molecular formula is C29H17N5OS. The predicted octanol–water partition coefficient (Wildman–Crippen LogP) is 7.20. The number of nitrogens with one attached hydrogen (secondary N) is 1. The molecule has 36 heavy (non-hydrogen) atoms. The van der Waals surface area contributed by atoms with E-state index < -0.39 is 0 Å². The molecule has 7 heteroatoms. The summed E-state index contributed by atoms with van der Waals surface area (Å²) < 4.78 is 8.09. The summed E-state index contributed by atoms with van der Waals surface area (Å²) in [6.07, 6.45) is 0. The molecule has 8 rings (SSSR count). The standard InChI is InChI=1S/C29H17N5OS/c30-29-32-28-19(27-31-20-7-1-2-8-21(20)34(27)29)15-17-13-14-18(16-24(17)35-28)33-22-9-3-5-11-25(22)36-26-12-6-4-10-23(26)33/h1-16,30H. The van der Waals surface area contributed by atoms with Crippen molar-refractivity contribution in [2.45, 2.75) is 9.79 Å². The zero-order valence-corrected chi connectivity index (χ0v) is 19.7. The molecule has 0 spiro atoms. The number of anilines is 3. The molecule has 0 radical (unpaired) electrons. The van der Waals surface area contributed by atoms with Gasteiger partial charge in [0, 0.05) is 26.9 Å². The molecule has 0 atom stereocenters. The number of fused-ring (bicyclic) bond motifs is 8. The number of para-hydroxylation sites is 4. The van der Waals surface area contributed by atoms with Gasteiger partial charge in [-0.3, -0.25) is 9.81 Å². The Morgan fingerprint density at radius 2 is 1.47 bits per heavy atom. The van der Waals surface area contributed by atoms with Crippen LogP contribution in [-0.4, -0.2) is 14.4 Å². The lowest BCUT2D eigenvalue weighted by Crippen LogP contribution is -2.16. The van der Waals surface area contributed by atoms with Crippen molar-refractivity contribution in [3.8, 4) is 0 Å². The summed E-state index contributed by atoms with van der Waals surface area (Å²) in [6, 6.07) is 33.0. The predicted molar refractivity (Wildman–Crippen MR) is 142 cm³/mol. The average molecular weight is 484 g/mol. The number of hydrogen-bond acceptors (Lipinski definition) is 6. The first-order chi connectivity index (χ1) is 17.7. The Labute approximate surface area is 209 Å². The van der Waals surface area contributed by atoms with Crippen LogP contribution < -0.4 is 10.5 Å². The summed E-state index contributed by atoms with van der Waals surface area (Å²) in [5, 5.41) is 10.3. The molecule has 4 aromatic carbocycles. The Hall–Kier alpha value is -4.62. The summed E-state index contributed by atoms with van der Waals surface area (Å²) >= 11 is 1.79. The number of hydrogen-bond donors (Lipinski definition) is 1. The largest absolute Gasteiger partial charge is 0.437 e. The van der Waals surface area contributed by atoms with Gasteiger partial charge in [-0.1, -0.05) is 48.2 Å². The first-order valence-electron chi connectivity index (χ1n) is 11.6. The fourth-order valence-corrected chi connectivity index (χ4v) is 6.10. The molecule has 1 aliphatic rings. The summed E-state index contributed by atoms with van der Waals surface area (Å²) in [6.45, 7) is 0. The van der Waals surface area contributed by atoms with Crippen LogP contribution in [0.25, 0.3) is 38.7 Å². The molecule has 0 fully saturated rings. The van der Waals surface area contributed by atoms with Gasteiger partial charge in [0.25, 0.3) is 0 Å². The first kappa shape index (κ1) is 19.7.